The van der Waals surface area contributed by atoms with Gasteiger partial charge in [0.25, 0.3) is 0 Å². The topological polar surface area (TPSA) is 54.5 Å². The Morgan fingerprint density at radius 3 is 2.74 bits per heavy atom. The highest BCUT2D eigenvalue weighted by atomic mass is 32.1. The number of carbonyl (C=O) groups excluding carboxylic acids is 1. The Morgan fingerprint density at radius 2 is 2.04 bits per heavy atom. The summed E-state index contributed by atoms with van der Waals surface area (Å²) in [6, 6.07) is 9.97. The lowest BCUT2D eigenvalue weighted by molar-refractivity contribution is 0.0225. The number of rotatable bonds is 2. The van der Waals surface area contributed by atoms with E-state index in [0.717, 1.165) is 27.8 Å². The van der Waals surface area contributed by atoms with Crippen molar-refractivity contribution in [2.24, 2.45) is 0 Å². The highest BCUT2D eigenvalue weighted by Crippen LogP contribution is 2.30. The van der Waals surface area contributed by atoms with E-state index in [9.17, 15) is 4.79 Å². The molecule has 1 amide bonds. The van der Waals surface area contributed by atoms with E-state index in [0.29, 0.717) is 13.1 Å². The maximum atomic E-state index is 12.2. The lowest BCUT2D eigenvalue weighted by Crippen LogP contribution is -2.39. The van der Waals surface area contributed by atoms with Crippen LogP contribution >= 0.6 is 11.3 Å². The van der Waals surface area contributed by atoms with Gasteiger partial charge >= 0.3 is 6.09 Å². The van der Waals surface area contributed by atoms with Crippen molar-refractivity contribution in [3.05, 3.63) is 40.9 Å². The van der Waals surface area contributed by atoms with Crippen molar-refractivity contribution < 1.29 is 9.53 Å². The van der Waals surface area contributed by atoms with Gasteiger partial charge in [-0.15, -0.1) is 0 Å². The van der Waals surface area contributed by atoms with Crippen LogP contribution in [0.3, 0.4) is 0 Å². The van der Waals surface area contributed by atoms with E-state index in [1.807, 2.05) is 51.1 Å². The van der Waals surface area contributed by atoms with Crippen LogP contribution in [0.2, 0.25) is 0 Å². The van der Waals surface area contributed by atoms with Gasteiger partial charge in [-0.1, -0.05) is 29.5 Å². The molecule has 1 aromatic heterocycles. The van der Waals surface area contributed by atoms with Crippen LogP contribution in [-0.2, 0) is 17.7 Å². The average Bonchev–Trinajstić information content (AvgIpc) is 2.87. The number of amides is 1. The van der Waals surface area contributed by atoms with Gasteiger partial charge in [-0.3, -0.25) is 0 Å². The minimum absolute atomic E-state index is 0.255. The fraction of sp³-hybridized carbons (Fsp3) is 0.412. The Morgan fingerprint density at radius 1 is 1.30 bits per heavy atom. The highest BCUT2D eigenvalue weighted by molar-refractivity contribution is 7.15. The summed E-state index contributed by atoms with van der Waals surface area (Å²) in [7, 11) is 0. The number of carbonyl (C=O) groups is 1. The molecule has 0 unspecified atom stereocenters. The molecule has 5 nitrogen and oxygen atoms in total. The van der Waals surface area contributed by atoms with E-state index in [2.05, 4.69) is 10.3 Å². The van der Waals surface area contributed by atoms with E-state index in [-0.39, 0.29) is 6.09 Å². The van der Waals surface area contributed by atoms with Gasteiger partial charge in [0.2, 0.25) is 0 Å². The number of fused-ring (bicyclic) bond motifs is 1. The summed E-state index contributed by atoms with van der Waals surface area (Å²) in [6.07, 6.45) is 0.510. The van der Waals surface area contributed by atoms with Crippen molar-refractivity contribution in [3.63, 3.8) is 0 Å². The molecule has 1 aliphatic rings. The molecule has 0 bridgehead atoms. The zero-order valence-corrected chi connectivity index (χ0v) is 14.4. The van der Waals surface area contributed by atoms with Crippen LogP contribution in [0.25, 0.3) is 0 Å². The third-order valence-electron chi connectivity index (χ3n) is 3.41. The molecule has 1 N–H and O–H groups in total. The first-order valence-corrected chi connectivity index (χ1v) is 8.51. The second kappa shape index (κ2) is 6.20. The molecular formula is C17H21N3O2S. The second-order valence-corrected chi connectivity index (χ2v) is 7.62. The minimum Gasteiger partial charge on any atom is -0.444 e. The van der Waals surface area contributed by atoms with Crippen LogP contribution in [0.5, 0.6) is 0 Å². The summed E-state index contributed by atoms with van der Waals surface area (Å²) in [5, 5.41) is 4.18. The number of nitrogens with one attached hydrogen (secondary N) is 1. The summed E-state index contributed by atoms with van der Waals surface area (Å²) in [4.78, 5) is 19.7. The van der Waals surface area contributed by atoms with Gasteiger partial charge in [-0.25, -0.2) is 9.78 Å². The number of benzene rings is 1. The van der Waals surface area contributed by atoms with Crippen LogP contribution in [-0.4, -0.2) is 28.1 Å². The molecule has 1 aliphatic heterocycles. The molecule has 0 spiro atoms. The van der Waals surface area contributed by atoms with Crippen LogP contribution in [0.4, 0.5) is 15.6 Å². The van der Waals surface area contributed by atoms with Gasteiger partial charge in [-0.05, 0) is 32.9 Å². The monoisotopic (exact) mass is 331 g/mol. The molecule has 6 heteroatoms. The zero-order valence-electron chi connectivity index (χ0n) is 13.6. The first kappa shape index (κ1) is 15.8. The molecular weight excluding hydrogens is 310 g/mol. The highest BCUT2D eigenvalue weighted by Gasteiger charge is 2.27. The van der Waals surface area contributed by atoms with E-state index >= 15 is 0 Å². The number of hydrogen-bond donors (Lipinski definition) is 1. The minimum atomic E-state index is -0.467. The number of nitrogens with zero attached hydrogens (tertiary/aromatic N) is 2. The van der Waals surface area contributed by atoms with Crippen molar-refractivity contribution in [1.29, 1.82) is 0 Å². The van der Waals surface area contributed by atoms with Gasteiger partial charge in [0.15, 0.2) is 5.13 Å². The number of hydrogen-bond acceptors (Lipinski definition) is 5. The van der Waals surface area contributed by atoms with E-state index in [1.54, 1.807) is 16.2 Å². The average molecular weight is 331 g/mol. The molecule has 3 rings (SSSR count). The van der Waals surface area contributed by atoms with Crippen molar-refractivity contribution in [3.8, 4) is 0 Å². The smallest absolute Gasteiger partial charge is 0.410 e. The number of ether oxygens (including phenoxy) is 1. The molecule has 0 radical (unpaired) electrons. The molecule has 2 heterocycles. The van der Waals surface area contributed by atoms with Crippen LogP contribution < -0.4 is 5.32 Å². The van der Waals surface area contributed by atoms with E-state index < -0.39 is 5.60 Å². The first-order valence-electron chi connectivity index (χ1n) is 7.69. The van der Waals surface area contributed by atoms with Gasteiger partial charge in [0.05, 0.1) is 12.2 Å². The Balaban J connectivity index is 1.68. The van der Waals surface area contributed by atoms with Crippen LogP contribution in [0.1, 0.15) is 31.3 Å². The molecule has 0 saturated heterocycles. The second-order valence-electron chi connectivity index (χ2n) is 6.53. The van der Waals surface area contributed by atoms with Crippen LogP contribution in [0, 0.1) is 0 Å². The number of aromatic nitrogens is 1. The molecule has 2 aromatic rings. The largest absolute Gasteiger partial charge is 0.444 e. The SMILES string of the molecule is CC(C)(C)OC(=O)N1CCc2nc(Nc3ccccc3)sc2C1. The third kappa shape index (κ3) is 4.01. The predicted octanol–water partition coefficient (Wildman–Crippen LogP) is 4.18. The Labute approximate surface area is 140 Å². The number of anilines is 2. The van der Waals surface area contributed by atoms with Crippen molar-refractivity contribution in [2.45, 2.75) is 39.3 Å². The number of para-hydroxylation sites is 1. The lowest BCUT2D eigenvalue weighted by atomic mass is 10.2. The van der Waals surface area contributed by atoms with Gasteiger partial charge in [0.1, 0.15) is 5.60 Å². The quantitative estimate of drug-likeness (QED) is 0.897. The molecule has 0 fully saturated rings. The summed E-state index contributed by atoms with van der Waals surface area (Å²) in [5.41, 5.74) is 1.63. The third-order valence-corrected chi connectivity index (χ3v) is 4.41. The van der Waals surface area contributed by atoms with Gasteiger partial charge in [-0.2, -0.15) is 0 Å². The van der Waals surface area contributed by atoms with Gasteiger partial charge < -0.3 is 15.0 Å². The maximum absolute atomic E-state index is 12.2. The summed E-state index contributed by atoms with van der Waals surface area (Å²) >= 11 is 1.60. The van der Waals surface area contributed by atoms with Crippen molar-refractivity contribution in [2.75, 3.05) is 11.9 Å². The zero-order chi connectivity index (χ0) is 16.4. The molecule has 23 heavy (non-hydrogen) atoms. The molecule has 0 saturated carbocycles. The Hall–Kier alpha value is -2.08. The van der Waals surface area contributed by atoms with Crippen LogP contribution in [0.15, 0.2) is 30.3 Å². The Bertz CT molecular complexity index is 692. The van der Waals surface area contributed by atoms with Crippen molar-refractivity contribution in [1.82, 2.24) is 9.88 Å². The van der Waals surface area contributed by atoms with Gasteiger partial charge in [0, 0.05) is 23.5 Å². The first-order chi connectivity index (χ1) is 10.9. The normalized spacial score (nSPS) is 14.3. The summed E-state index contributed by atoms with van der Waals surface area (Å²) in [5.74, 6) is 0. The standard InChI is InChI=1S/C17H21N3O2S/c1-17(2,3)22-16(21)20-10-9-13-14(11-20)23-15(19-13)18-12-7-5-4-6-8-12/h4-8H,9-11H2,1-3H3,(H,18,19). The molecule has 1 aromatic carbocycles. The van der Waals surface area contributed by atoms with E-state index in [4.69, 9.17) is 4.74 Å². The van der Waals surface area contributed by atoms with Crippen molar-refractivity contribution >= 4 is 28.2 Å². The number of thiazole rings is 1. The Kier molecular flexibility index (Phi) is 4.26. The molecule has 122 valence electrons. The molecule has 0 atom stereocenters. The summed E-state index contributed by atoms with van der Waals surface area (Å²) < 4.78 is 5.45. The fourth-order valence-electron chi connectivity index (χ4n) is 2.38. The summed E-state index contributed by atoms with van der Waals surface area (Å²) in [6.45, 7) is 6.87. The fourth-order valence-corrected chi connectivity index (χ4v) is 3.42. The molecule has 0 aliphatic carbocycles. The predicted molar refractivity (Wildman–Crippen MR) is 92.2 cm³/mol. The lowest BCUT2D eigenvalue weighted by Gasteiger charge is -2.29. The van der Waals surface area contributed by atoms with E-state index in [1.165, 1.54) is 0 Å². The maximum Gasteiger partial charge on any atom is 0.410 e.